The third kappa shape index (κ3) is 5.12. The molecule has 0 unspecified atom stereocenters. The minimum atomic E-state index is -0.277. The van der Waals surface area contributed by atoms with Crippen LogP contribution in [0.3, 0.4) is 0 Å². The summed E-state index contributed by atoms with van der Waals surface area (Å²) in [5.74, 6) is 1.39. The van der Waals surface area contributed by atoms with E-state index >= 15 is 0 Å². The molecule has 0 saturated heterocycles. The summed E-state index contributed by atoms with van der Waals surface area (Å²) in [7, 11) is 3.15. The quantitative estimate of drug-likeness (QED) is 0.471. The van der Waals surface area contributed by atoms with Gasteiger partial charge in [-0.1, -0.05) is 23.7 Å². The maximum Gasteiger partial charge on any atom is 0.246 e. The van der Waals surface area contributed by atoms with Crippen LogP contribution in [-0.4, -0.2) is 53.1 Å². The van der Waals surface area contributed by atoms with Crippen LogP contribution in [0.4, 0.5) is 5.95 Å². The number of aromatic nitrogens is 2. The first-order chi connectivity index (χ1) is 17.0. The molecular weight excluding hydrogens is 468 g/mol. The molecular formula is C26H27ClN4O4. The number of methoxy groups -OCH3 is 2. The predicted octanol–water partition coefficient (Wildman–Crippen LogP) is 4.55. The molecule has 0 bridgehead atoms. The summed E-state index contributed by atoms with van der Waals surface area (Å²) in [5.41, 5.74) is 2.26. The number of nitrogens with one attached hydrogen (secondary N) is 1. The molecule has 35 heavy (non-hydrogen) atoms. The summed E-state index contributed by atoms with van der Waals surface area (Å²) in [5, 5.41) is 3.55. The molecule has 1 heterocycles. The van der Waals surface area contributed by atoms with Crippen molar-refractivity contribution in [3.05, 3.63) is 53.7 Å². The number of amides is 2. The number of hydrogen-bond acceptors (Lipinski definition) is 5. The van der Waals surface area contributed by atoms with E-state index in [-0.39, 0.29) is 30.3 Å². The second-order valence-electron chi connectivity index (χ2n) is 8.89. The lowest BCUT2D eigenvalue weighted by molar-refractivity contribution is -0.136. The van der Waals surface area contributed by atoms with Gasteiger partial charge in [-0.25, -0.2) is 4.98 Å². The fourth-order valence-electron chi connectivity index (χ4n) is 4.06. The highest BCUT2D eigenvalue weighted by molar-refractivity contribution is 6.30. The van der Waals surface area contributed by atoms with E-state index in [0.29, 0.717) is 28.2 Å². The molecule has 5 rings (SSSR count). The zero-order chi connectivity index (χ0) is 24.5. The average molecular weight is 495 g/mol. The minimum absolute atomic E-state index is 0.0229. The number of ether oxygens (including phenoxy) is 2. The molecule has 2 fully saturated rings. The summed E-state index contributed by atoms with van der Waals surface area (Å²) in [6, 6.07) is 13.0. The summed E-state index contributed by atoms with van der Waals surface area (Å²) in [6.45, 7) is 0.0229. The number of hydrogen-bond donors (Lipinski definition) is 1. The molecule has 9 heteroatoms. The maximum atomic E-state index is 13.1. The van der Waals surface area contributed by atoms with Gasteiger partial charge in [0.1, 0.15) is 6.54 Å². The molecule has 182 valence electrons. The summed E-state index contributed by atoms with van der Waals surface area (Å²) in [6.07, 6.45) is 5.57. The Morgan fingerprint density at radius 1 is 1.06 bits per heavy atom. The van der Waals surface area contributed by atoms with Gasteiger partial charge in [0.25, 0.3) is 0 Å². The molecule has 1 N–H and O–H groups in total. The number of halogens is 1. The van der Waals surface area contributed by atoms with Gasteiger partial charge in [0.05, 0.1) is 25.6 Å². The van der Waals surface area contributed by atoms with Crippen LogP contribution in [0.25, 0.3) is 16.9 Å². The van der Waals surface area contributed by atoms with Gasteiger partial charge in [-0.2, -0.15) is 0 Å². The molecule has 2 saturated carbocycles. The van der Waals surface area contributed by atoms with Gasteiger partial charge >= 0.3 is 0 Å². The number of imidazole rings is 1. The highest BCUT2D eigenvalue weighted by atomic mass is 35.5. The zero-order valence-corrected chi connectivity index (χ0v) is 20.4. The minimum Gasteiger partial charge on any atom is -0.493 e. The van der Waals surface area contributed by atoms with Crippen LogP contribution in [0, 0.1) is 5.92 Å². The van der Waals surface area contributed by atoms with Gasteiger partial charge in [-0.05, 0) is 49.9 Å². The Kier molecular flexibility index (Phi) is 6.38. The summed E-state index contributed by atoms with van der Waals surface area (Å²) >= 11 is 6.05. The molecule has 2 aromatic carbocycles. The second-order valence-corrected chi connectivity index (χ2v) is 9.32. The van der Waals surface area contributed by atoms with Crippen LogP contribution in [0.5, 0.6) is 11.5 Å². The van der Waals surface area contributed by atoms with E-state index in [1.807, 2.05) is 30.5 Å². The predicted molar refractivity (Wildman–Crippen MR) is 133 cm³/mol. The largest absolute Gasteiger partial charge is 0.493 e. The van der Waals surface area contributed by atoms with Crippen LogP contribution in [0.2, 0.25) is 5.02 Å². The lowest BCUT2D eigenvalue weighted by Crippen LogP contribution is -2.40. The molecule has 1 aromatic heterocycles. The van der Waals surface area contributed by atoms with Crippen molar-refractivity contribution in [3.8, 4) is 28.4 Å². The number of nitrogens with zero attached hydrogens (tertiary/aromatic N) is 3. The Labute approximate surface area is 208 Å². The maximum absolute atomic E-state index is 13.1. The SMILES string of the molecule is COc1ccc(-n2cc(-c3ccc(Cl)cc3)nc2NC(=O)CN(C(=O)C2CC2)C2CC2)cc1OC. The highest BCUT2D eigenvalue weighted by Gasteiger charge is 2.40. The fraction of sp³-hybridized carbons (Fsp3) is 0.346. The molecule has 0 spiro atoms. The van der Waals surface area contributed by atoms with E-state index < -0.39 is 0 Å². The second kappa shape index (κ2) is 9.62. The average Bonchev–Trinajstić information content (AvgIpc) is 3.80. The van der Waals surface area contributed by atoms with Crippen LogP contribution in [-0.2, 0) is 9.59 Å². The van der Waals surface area contributed by atoms with E-state index in [9.17, 15) is 9.59 Å². The number of anilines is 1. The highest BCUT2D eigenvalue weighted by Crippen LogP contribution is 2.36. The first-order valence-electron chi connectivity index (χ1n) is 11.6. The van der Waals surface area contributed by atoms with Gasteiger partial charge < -0.3 is 14.4 Å². The molecule has 8 nitrogen and oxygen atoms in total. The van der Waals surface area contributed by atoms with Gasteiger partial charge in [0.2, 0.25) is 17.8 Å². The standard InChI is InChI=1S/C26H27ClN4O4/c1-34-22-12-11-20(13-23(22)35-2)31-14-21(16-5-7-18(27)8-6-16)28-26(31)29-24(32)15-30(19-9-10-19)25(33)17-3-4-17/h5-8,11-14,17,19H,3-4,9-10,15H2,1-2H3,(H,28,29,32). The Hall–Kier alpha value is -3.52. The molecule has 2 aliphatic rings. The van der Waals surface area contributed by atoms with Crippen molar-refractivity contribution in [3.63, 3.8) is 0 Å². The van der Waals surface area contributed by atoms with Crippen molar-refractivity contribution < 1.29 is 19.1 Å². The van der Waals surface area contributed by atoms with Crippen LogP contribution >= 0.6 is 11.6 Å². The molecule has 2 amide bonds. The topological polar surface area (TPSA) is 85.7 Å². The number of carbonyl (C=O) groups excluding carboxylic acids is 2. The van der Waals surface area contributed by atoms with Gasteiger partial charge in [-0.15, -0.1) is 0 Å². The van der Waals surface area contributed by atoms with Gasteiger partial charge in [0.15, 0.2) is 11.5 Å². The number of benzene rings is 2. The normalized spacial score (nSPS) is 14.9. The van der Waals surface area contributed by atoms with Crippen molar-refractivity contribution in [1.82, 2.24) is 14.5 Å². The van der Waals surface area contributed by atoms with Crippen LogP contribution in [0.1, 0.15) is 25.7 Å². The van der Waals surface area contributed by atoms with Crippen LogP contribution < -0.4 is 14.8 Å². The van der Waals surface area contributed by atoms with E-state index in [2.05, 4.69) is 5.32 Å². The van der Waals surface area contributed by atoms with Crippen molar-refractivity contribution >= 4 is 29.4 Å². The Bertz CT molecular complexity index is 1250. The first kappa shape index (κ1) is 23.2. The van der Waals surface area contributed by atoms with Gasteiger partial charge in [0, 0.05) is 34.8 Å². The monoisotopic (exact) mass is 494 g/mol. The Morgan fingerprint density at radius 3 is 2.40 bits per heavy atom. The van der Waals surface area contributed by atoms with Gasteiger partial charge in [-0.3, -0.25) is 19.5 Å². The van der Waals surface area contributed by atoms with Crippen molar-refractivity contribution in [1.29, 1.82) is 0 Å². The smallest absolute Gasteiger partial charge is 0.246 e. The molecule has 2 aliphatic carbocycles. The van der Waals surface area contributed by atoms with Crippen molar-refractivity contribution in [2.75, 3.05) is 26.1 Å². The number of rotatable bonds is 9. The van der Waals surface area contributed by atoms with Crippen molar-refractivity contribution in [2.24, 2.45) is 5.92 Å². The fourth-order valence-corrected chi connectivity index (χ4v) is 4.18. The summed E-state index contributed by atoms with van der Waals surface area (Å²) in [4.78, 5) is 32.2. The molecule has 0 radical (unpaired) electrons. The summed E-state index contributed by atoms with van der Waals surface area (Å²) < 4.78 is 12.6. The lowest BCUT2D eigenvalue weighted by Gasteiger charge is -2.21. The zero-order valence-electron chi connectivity index (χ0n) is 19.7. The third-order valence-electron chi connectivity index (χ3n) is 6.25. The molecule has 3 aromatic rings. The van der Waals surface area contributed by atoms with E-state index in [1.165, 1.54) is 0 Å². The number of carbonyl (C=O) groups is 2. The third-order valence-corrected chi connectivity index (χ3v) is 6.51. The lowest BCUT2D eigenvalue weighted by atomic mass is 10.2. The van der Waals surface area contributed by atoms with E-state index in [1.54, 1.807) is 41.9 Å². The Balaban J connectivity index is 1.45. The van der Waals surface area contributed by atoms with Crippen LogP contribution in [0.15, 0.2) is 48.7 Å². The molecule has 0 atom stereocenters. The van der Waals surface area contributed by atoms with Crippen molar-refractivity contribution in [2.45, 2.75) is 31.7 Å². The first-order valence-corrected chi connectivity index (χ1v) is 12.0. The van der Waals surface area contributed by atoms with E-state index in [4.69, 9.17) is 26.1 Å². The Morgan fingerprint density at radius 2 is 1.77 bits per heavy atom. The van der Waals surface area contributed by atoms with E-state index in [0.717, 1.165) is 36.9 Å². The molecule has 0 aliphatic heterocycles.